The van der Waals surface area contributed by atoms with Crippen LogP contribution in [0.3, 0.4) is 0 Å². The summed E-state index contributed by atoms with van der Waals surface area (Å²) in [5.74, 6) is -0.0732. The SMILES string of the molecule is C=CCC(=O)NNCc1ccccc1.C=N/C(=C\C=C/C)CC(=NC)c1ccccc1S/C(C)=C/C.CC. The van der Waals surface area contributed by atoms with Crippen molar-refractivity contribution in [3.8, 4) is 0 Å². The lowest BCUT2D eigenvalue weighted by molar-refractivity contribution is -0.121. The number of rotatable bonds is 12. The lowest BCUT2D eigenvalue weighted by Crippen LogP contribution is -2.36. The summed E-state index contributed by atoms with van der Waals surface area (Å²) in [6.45, 7) is 17.9. The summed E-state index contributed by atoms with van der Waals surface area (Å²) in [7, 11) is 1.83. The van der Waals surface area contributed by atoms with Gasteiger partial charge in [0.05, 0.1) is 0 Å². The Morgan fingerprint density at radius 2 is 1.71 bits per heavy atom. The molecule has 204 valence electrons. The second-order valence-electron chi connectivity index (χ2n) is 7.57. The lowest BCUT2D eigenvalue weighted by atomic mass is 10.1. The average Bonchev–Trinajstić information content (AvgIpc) is 2.96. The number of benzene rings is 2. The van der Waals surface area contributed by atoms with Crippen LogP contribution in [0.15, 0.2) is 117 Å². The molecule has 0 aromatic heterocycles. The van der Waals surface area contributed by atoms with Crippen LogP contribution in [0.2, 0.25) is 0 Å². The molecule has 5 nitrogen and oxygen atoms in total. The summed E-state index contributed by atoms with van der Waals surface area (Å²) in [4.78, 5) is 22.1. The van der Waals surface area contributed by atoms with Crippen molar-refractivity contribution in [1.29, 1.82) is 0 Å². The number of hydrazine groups is 1. The fourth-order valence-electron chi connectivity index (χ4n) is 2.89. The number of thioether (sulfide) groups is 1. The molecule has 2 N–H and O–H groups in total. The van der Waals surface area contributed by atoms with Gasteiger partial charge in [-0.05, 0) is 50.1 Å². The van der Waals surface area contributed by atoms with Gasteiger partial charge in [-0.2, -0.15) is 0 Å². The smallest absolute Gasteiger partial charge is 0.237 e. The summed E-state index contributed by atoms with van der Waals surface area (Å²) in [5, 5.41) is 0. The van der Waals surface area contributed by atoms with E-state index in [2.05, 4.69) is 72.3 Å². The van der Waals surface area contributed by atoms with Crippen molar-refractivity contribution in [2.45, 2.75) is 58.9 Å². The minimum absolute atomic E-state index is 0.0732. The molecule has 6 heteroatoms. The summed E-state index contributed by atoms with van der Waals surface area (Å²) >= 11 is 1.77. The van der Waals surface area contributed by atoms with Gasteiger partial charge in [0.15, 0.2) is 0 Å². The van der Waals surface area contributed by atoms with E-state index in [4.69, 9.17) is 0 Å². The quantitative estimate of drug-likeness (QED) is 0.0954. The molecule has 0 aliphatic carbocycles. The Hall–Kier alpha value is -3.48. The van der Waals surface area contributed by atoms with Crippen molar-refractivity contribution >= 4 is 30.1 Å². The predicted octanol–water partition coefficient (Wildman–Crippen LogP) is 8.08. The molecule has 2 rings (SSSR count). The molecular weight excluding hydrogens is 488 g/mol. The van der Waals surface area contributed by atoms with E-state index in [0.29, 0.717) is 19.4 Å². The lowest BCUT2D eigenvalue weighted by Gasteiger charge is -2.12. The third-order valence-electron chi connectivity index (χ3n) is 4.87. The number of aliphatic imine (C=N–C) groups is 2. The molecule has 0 fully saturated rings. The first-order chi connectivity index (χ1) is 18.5. The maximum absolute atomic E-state index is 11.0. The van der Waals surface area contributed by atoms with Crippen LogP contribution in [0.4, 0.5) is 0 Å². The fourth-order valence-corrected chi connectivity index (χ4v) is 3.80. The van der Waals surface area contributed by atoms with Crippen LogP contribution < -0.4 is 10.9 Å². The maximum Gasteiger partial charge on any atom is 0.237 e. The second kappa shape index (κ2) is 22.7. The number of hydrogen-bond acceptors (Lipinski definition) is 5. The van der Waals surface area contributed by atoms with Crippen LogP contribution in [-0.2, 0) is 11.3 Å². The molecule has 1 amide bonds. The van der Waals surface area contributed by atoms with Crippen molar-refractivity contribution < 1.29 is 4.79 Å². The molecule has 0 aliphatic heterocycles. The van der Waals surface area contributed by atoms with Gasteiger partial charge in [-0.1, -0.05) is 98.4 Å². The molecule has 2 aromatic rings. The number of carbonyl (C=O) groups is 1. The Morgan fingerprint density at radius 3 is 2.29 bits per heavy atom. The number of nitrogens with zero attached hydrogens (tertiary/aromatic N) is 2. The summed E-state index contributed by atoms with van der Waals surface area (Å²) in [6.07, 6.45) is 10.6. The number of allylic oxidation sites excluding steroid dienone is 6. The van der Waals surface area contributed by atoms with Gasteiger partial charge in [-0.15, -0.1) is 6.58 Å². The van der Waals surface area contributed by atoms with Crippen LogP contribution in [0.5, 0.6) is 0 Å². The molecule has 0 atom stereocenters. The van der Waals surface area contributed by atoms with Gasteiger partial charge in [0.1, 0.15) is 0 Å². The highest BCUT2D eigenvalue weighted by Gasteiger charge is 2.11. The predicted molar refractivity (Wildman–Crippen MR) is 169 cm³/mol. The Bertz CT molecular complexity index is 1090. The van der Waals surface area contributed by atoms with Gasteiger partial charge in [0.2, 0.25) is 5.91 Å². The van der Waals surface area contributed by atoms with Crippen LogP contribution in [-0.4, -0.2) is 25.4 Å². The third-order valence-corrected chi connectivity index (χ3v) is 6.00. The Labute approximate surface area is 234 Å². The van der Waals surface area contributed by atoms with E-state index in [0.717, 1.165) is 22.5 Å². The molecule has 0 aliphatic rings. The first-order valence-electron chi connectivity index (χ1n) is 12.8. The molecule has 0 bridgehead atoms. The van der Waals surface area contributed by atoms with Crippen molar-refractivity contribution in [2.75, 3.05) is 7.05 Å². The first kappa shape index (κ1) is 34.5. The Balaban J connectivity index is 0.000000735. The number of carbonyl (C=O) groups excluding carboxylic acids is 1. The van der Waals surface area contributed by atoms with E-state index in [1.807, 2.05) is 82.4 Å². The topological polar surface area (TPSA) is 65.8 Å². The fraction of sp³-hybridized carbons (Fsp3) is 0.281. The molecule has 0 radical (unpaired) electrons. The van der Waals surface area contributed by atoms with E-state index >= 15 is 0 Å². The minimum Gasteiger partial charge on any atom is -0.292 e. The Kier molecular flexibility index (Phi) is 20.6. The monoisotopic (exact) mass is 532 g/mol. The highest BCUT2D eigenvalue weighted by Crippen LogP contribution is 2.30. The van der Waals surface area contributed by atoms with Crippen LogP contribution in [0, 0.1) is 0 Å². The minimum atomic E-state index is -0.0732. The van der Waals surface area contributed by atoms with Gasteiger partial charge < -0.3 is 0 Å². The first-order valence-corrected chi connectivity index (χ1v) is 13.6. The van der Waals surface area contributed by atoms with Crippen LogP contribution >= 0.6 is 11.8 Å². The van der Waals surface area contributed by atoms with Crippen LogP contribution in [0.1, 0.15) is 58.6 Å². The van der Waals surface area contributed by atoms with Crippen molar-refractivity contribution in [3.05, 3.63) is 113 Å². The largest absolute Gasteiger partial charge is 0.292 e. The van der Waals surface area contributed by atoms with E-state index in [1.165, 1.54) is 9.80 Å². The number of amides is 1. The van der Waals surface area contributed by atoms with Crippen molar-refractivity contribution in [3.63, 3.8) is 0 Å². The highest BCUT2D eigenvalue weighted by molar-refractivity contribution is 8.03. The van der Waals surface area contributed by atoms with Gasteiger partial charge in [-0.25, -0.2) is 5.43 Å². The van der Waals surface area contributed by atoms with Gasteiger partial charge in [0.25, 0.3) is 0 Å². The summed E-state index contributed by atoms with van der Waals surface area (Å²) in [6, 6.07) is 18.2. The van der Waals surface area contributed by atoms with Crippen molar-refractivity contribution in [2.24, 2.45) is 9.98 Å². The molecule has 0 heterocycles. The average molecular weight is 533 g/mol. The zero-order chi connectivity index (χ0) is 28.6. The molecule has 0 spiro atoms. The molecule has 38 heavy (non-hydrogen) atoms. The normalized spacial score (nSPS) is 11.6. The zero-order valence-electron chi connectivity index (χ0n) is 23.8. The molecule has 2 aromatic carbocycles. The van der Waals surface area contributed by atoms with E-state index in [-0.39, 0.29) is 5.91 Å². The molecule has 0 unspecified atom stereocenters. The standard InChI is InChI=1S/C19H24N2S.C11H14N2O.C2H6/c1-6-8-11-16(20-4)14-18(21-5)17-12-9-10-13-19(17)22-15(3)7-2;1-2-6-11(14)13-12-9-10-7-4-3-5-8-10;1-2/h6-13H,4,14H2,1-3,5H3;2-5,7-8,12H,1,6,9H2,(H,13,14);1-2H3/b8-6-,15-7+,16-11-,21-18?;;. The molecular formula is C32H44N4OS. The maximum atomic E-state index is 11.0. The third kappa shape index (κ3) is 14.9. The summed E-state index contributed by atoms with van der Waals surface area (Å²) < 4.78 is 0. The molecule has 0 saturated heterocycles. The molecule has 0 saturated carbocycles. The second-order valence-corrected chi connectivity index (χ2v) is 8.85. The van der Waals surface area contributed by atoms with Crippen LogP contribution in [0.25, 0.3) is 0 Å². The van der Waals surface area contributed by atoms with E-state index < -0.39 is 0 Å². The Morgan fingerprint density at radius 1 is 1.05 bits per heavy atom. The van der Waals surface area contributed by atoms with Gasteiger partial charge in [0, 0.05) is 48.3 Å². The number of nitrogens with one attached hydrogen (secondary N) is 2. The van der Waals surface area contributed by atoms with E-state index in [9.17, 15) is 4.79 Å². The summed E-state index contributed by atoms with van der Waals surface area (Å²) in [5.41, 5.74) is 9.64. The zero-order valence-corrected chi connectivity index (χ0v) is 24.6. The van der Waals surface area contributed by atoms with Gasteiger partial charge in [-0.3, -0.25) is 20.2 Å². The van der Waals surface area contributed by atoms with E-state index in [1.54, 1.807) is 17.8 Å². The van der Waals surface area contributed by atoms with Gasteiger partial charge >= 0.3 is 0 Å². The highest BCUT2D eigenvalue weighted by atomic mass is 32.2. The van der Waals surface area contributed by atoms with Crippen molar-refractivity contribution in [1.82, 2.24) is 10.9 Å². The number of hydrogen-bond donors (Lipinski definition) is 2.